The predicted octanol–water partition coefficient (Wildman–Crippen LogP) is 8.02. The van der Waals surface area contributed by atoms with Gasteiger partial charge in [0.1, 0.15) is 5.82 Å². The fraction of sp³-hybridized carbons (Fsp3) is 0. The number of halogens is 4. The monoisotopic (exact) mass is 432 g/mol. The lowest BCUT2D eigenvalue weighted by atomic mass is 10.0. The Bertz CT molecular complexity index is 1010. The first kappa shape index (κ1) is 18.4. The molecule has 3 aromatic carbocycles. The first-order chi connectivity index (χ1) is 13.1. The minimum absolute atomic E-state index is 0.498. The Morgan fingerprint density at radius 2 is 1.11 bits per heavy atom. The van der Waals surface area contributed by atoms with Crippen molar-refractivity contribution in [3.05, 3.63) is 86.8 Å². The zero-order valence-electron chi connectivity index (χ0n) is 13.8. The fourth-order valence-corrected chi connectivity index (χ4v) is 4.09. The summed E-state index contributed by atoms with van der Waals surface area (Å²) in [5, 5.41) is 2.02. The van der Waals surface area contributed by atoms with Crippen molar-refractivity contribution in [2.75, 3.05) is 0 Å². The summed E-state index contributed by atoms with van der Waals surface area (Å²) in [6.07, 6.45) is 0. The number of imidazole rings is 1. The van der Waals surface area contributed by atoms with E-state index in [9.17, 15) is 0 Å². The fourth-order valence-electron chi connectivity index (χ4n) is 2.93. The Hall–Kier alpha value is -1.97. The predicted molar refractivity (Wildman–Crippen MR) is 115 cm³/mol. The summed E-state index contributed by atoms with van der Waals surface area (Å²) in [7, 11) is 0. The molecule has 0 aliphatic heterocycles. The van der Waals surface area contributed by atoms with Crippen LogP contribution < -0.4 is 0 Å². The topological polar surface area (TPSA) is 28.7 Å². The Balaban J connectivity index is 2.04. The van der Waals surface area contributed by atoms with Gasteiger partial charge in [0, 0.05) is 16.7 Å². The van der Waals surface area contributed by atoms with Crippen molar-refractivity contribution in [3.63, 3.8) is 0 Å². The Labute approximate surface area is 176 Å². The number of hydrogen-bond donors (Lipinski definition) is 1. The van der Waals surface area contributed by atoms with E-state index >= 15 is 0 Å². The van der Waals surface area contributed by atoms with E-state index in [1.807, 2.05) is 30.3 Å². The number of nitrogens with zero attached hydrogens (tertiary/aromatic N) is 1. The molecule has 0 unspecified atom stereocenters. The maximum absolute atomic E-state index is 6.46. The van der Waals surface area contributed by atoms with E-state index in [2.05, 4.69) is 4.98 Å². The Morgan fingerprint density at radius 1 is 0.593 bits per heavy atom. The summed E-state index contributed by atoms with van der Waals surface area (Å²) in [5.41, 5.74) is 3.47. The number of H-pyrrole nitrogens is 1. The highest BCUT2D eigenvalue weighted by Gasteiger charge is 2.22. The molecule has 134 valence electrons. The van der Waals surface area contributed by atoms with E-state index in [-0.39, 0.29) is 0 Å². The number of benzene rings is 3. The van der Waals surface area contributed by atoms with Gasteiger partial charge in [-0.2, -0.15) is 0 Å². The number of rotatable bonds is 3. The van der Waals surface area contributed by atoms with Gasteiger partial charge < -0.3 is 4.98 Å². The second kappa shape index (κ2) is 7.57. The molecule has 4 rings (SSSR count). The molecule has 0 amide bonds. The minimum atomic E-state index is 0.498. The average Bonchev–Trinajstić information content (AvgIpc) is 3.07. The third-order valence-electron chi connectivity index (χ3n) is 4.16. The van der Waals surface area contributed by atoms with Gasteiger partial charge in [0.15, 0.2) is 0 Å². The van der Waals surface area contributed by atoms with Crippen LogP contribution in [-0.4, -0.2) is 9.97 Å². The van der Waals surface area contributed by atoms with Crippen molar-refractivity contribution in [1.82, 2.24) is 9.97 Å². The van der Waals surface area contributed by atoms with Gasteiger partial charge >= 0.3 is 0 Å². The second-order valence-corrected chi connectivity index (χ2v) is 7.50. The summed E-state index contributed by atoms with van der Waals surface area (Å²) in [6, 6.07) is 20.5. The lowest BCUT2D eigenvalue weighted by molar-refractivity contribution is 1.31. The van der Waals surface area contributed by atoms with Crippen molar-refractivity contribution in [1.29, 1.82) is 0 Å². The molecule has 0 fully saturated rings. The van der Waals surface area contributed by atoms with Crippen molar-refractivity contribution in [2.45, 2.75) is 0 Å². The van der Waals surface area contributed by atoms with E-state index in [4.69, 9.17) is 51.4 Å². The molecule has 6 heteroatoms. The van der Waals surface area contributed by atoms with Crippen LogP contribution in [-0.2, 0) is 0 Å². The van der Waals surface area contributed by atoms with Crippen molar-refractivity contribution in [3.8, 4) is 33.9 Å². The molecule has 0 bridgehead atoms. The van der Waals surface area contributed by atoms with Gasteiger partial charge in [-0.05, 0) is 24.3 Å². The molecule has 0 radical (unpaired) electrons. The highest BCUT2D eigenvalue weighted by atomic mass is 35.5. The standard InChI is InChI=1S/C21H12Cl4N2/c22-13-8-4-9-14(23)17(13)19-20(18-15(24)10-5-11-16(18)25)27-21(26-19)12-6-2-1-3-7-12/h1-11H,(H,26,27). The molecule has 0 saturated heterocycles. The molecule has 1 heterocycles. The lowest BCUT2D eigenvalue weighted by Crippen LogP contribution is -1.88. The van der Waals surface area contributed by atoms with Gasteiger partial charge in [-0.1, -0.05) is 88.9 Å². The van der Waals surface area contributed by atoms with E-state index in [1.54, 1.807) is 36.4 Å². The molecular weight excluding hydrogens is 422 g/mol. The zero-order chi connectivity index (χ0) is 19.0. The molecule has 0 aliphatic carbocycles. The molecule has 2 nitrogen and oxygen atoms in total. The quantitative estimate of drug-likeness (QED) is 0.348. The van der Waals surface area contributed by atoms with E-state index in [1.165, 1.54) is 0 Å². The van der Waals surface area contributed by atoms with Crippen LogP contribution in [0.2, 0.25) is 20.1 Å². The average molecular weight is 434 g/mol. The van der Waals surface area contributed by atoms with Gasteiger partial charge in [-0.25, -0.2) is 4.98 Å². The van der Waals surface area contributed by atoms with Crippen LogP contribution in [0.3, 0.4) is 0 Å². The minimum Gasteiger partial charge on any atom is -0.337 e. The van der Waals surface area contributed by atoms with Crippen molar-refractivity contribution in [2.24, 2.45) is 0 Å². The van der Waals surface area contributed by atoms with E-state index in [0.29, 0.717) is 48.4 Å². The molecule has 1 N–H and O–H groups in total. The van der Waals surface area contributed by atoms with Gasteiger partial charge in [0.25, 0.3) is 0 Å². The molecule has 1 aromatic heterocycles. The normalized spacial score (nSPS) is 11.0. The maximum Gasteiger partial charge on any atom is 0.138 e. The summed E-state index contributed by atoms with van der Waals surface area (Å²) >= 11 is 25.8. The smallest absolute Gasteiger partial charge is 0.138 e. The Kier molecular flexibility index (Phi) is 5.16. The number of aromatic nitrogens is 2. The summed E-state index contributed by atoms with van der Waals surface area (Å²) in [6.45, 7) is 0. The largest absolute Gasteiger partial charge is 0.337 e. The van der Waals surface area contributed by atoms with Crippen LogP contribution in [0.4, 0.5) is 0 Å². The molecule has 0 spiro atoms. The molecule has 0 atom stereocenters. The van der Waals surface area contributed by atoms with Gasteiger partial charge in [-0.3, -0.25) is 0 Å². The number of aromatic amines is 1. The number of nitrogens with one attached hydrogen (secondary N) is 1. The van der Waals surface area contributed by atoms with Crippen LogP contribution in [0.5, 0.6) is 0 Å². The lowest BCUT2D eigenvalue weighted by Gasteiger charge is -2.10. The third kappa shape index (κ3) is 3.46. The van der Waals surface area contributed by atoms with Crippen LogP contribution >= 0.6 is 46.4 Å². The molecule has 0 aliphatic rings. The van der Waals surface area contributed by atoms with E-state index in [0.717, 1.165) is 5.56 Å². The zero-order valence-corrected chi connectivity index (χ0v) is 16.8. The Morgan fingerprint density at radius 3 is 1.67 bits per heavy atom. The highest BCUT2D eigenvalue weighted by Crippen LogP contribution is 2.44. The van der Waals surface area contributed by atoms with Crippen molar-refractivity contribution < 1.29 is 0 Å². The van der Waals surface area contributed by atoms with Crippen LogP contribution in [0, 0.1) is 0 Å². The first-order valence-corrected chi connectivity index (χ1v) is 9.61. The summed E-state index contributed by atoms with van der Waals surface area (Å²) in [4.78, 5) is 8.14. The second-order valence-electron chi connectivity index (χ2n) is 5.87. The molecule has 0 saturated carbocycles. The van der Waals surface area contributed by atoms with E-state index < -0.39 is 0 Å². The third-order valence-corrected chi connectivity index (χ3v) is 5.42. The SMILES string of the molecule is Clc1cccc(Cl)c1-c1nc(-c2ccccc2)[nH]c1-c1c(Cl)cccc1Cl. The van der Waals surface area contributed by atoms with Gasteiger partial charge in [0.05, 0.1) is 31.5 Å². The molecular formula is C21H12Cl4N2. The number of hydrogen-bond acceptors (Lipinski definition) is 1. The molecule has 27 heavy (non-hydrogen) atoms. The van der Waals surface area contributed by atoms with Crippen LogP contribution in [0.25, 0.3) is 33.9 Å². The summed E-state index contributed by atoms with van der Waals surface area (Å²) in [5.74, 6) is 0.674. The van der Waals surface area contributed by atoms with Crippen LogP contribution in [0.1, 0.15) is 0 Å². The van der Waals surface area contributed by atoms with Crippen molar-refractivity contribution >= 4 is 46.4 Å². The van der Waals surface area contributed by atoms with Gasteiger partial charge in [0.2, 0.25) is 0 Å². The molecule has 4 aromatic rings. The van der Waals surface area contributed by atoms with Crippen LogP contribution in [0.15, 0.2) is 66.7 Å². The first-order valence-electron chi connectivity index (χ1n) is 8.10. The maximum atomic E-state index is 6.46. The van der Waals surface area contributed by atoms with Gasteiger partial charge in [-0.15, -0.1) is 0 Å². The summed E-state index contributed by atoms with van der Waals surface area (Å²) < 4.78 is 0. The highest BCUT2D eigenvalue weighted by molar-refractivity contribution is 6.41.